The second-order valence-electron chi connectivity index (χ2n) is 4.42. The molecule has 2 nitrogen and oxygen atoms in total. The highest BCUT2D eigenvalue weighted by Gasteiger charge is 2.13. The number of pyridine rings is 1. The summed E-state index contributed by atoms with van der Waals surface area (Å²) < 4.78 is 0. The van der Waals surface area contributed by atoms with Gasteiger partial charge in [-0.3, -0.25) is 4.98 Å². The number of rotatable bonds is 2. The molecule has 0 aliphatic heterocycles. The van der Waals surface area contributed by atoms with Crippen LogP contribution in [0.25, 0.3) is 0 Å². The van der Waals surface area contributed by atoms with Gasteiger partial charge in [-0.1, -0.05) is 18.9 Å². The maximum absolute atomic E-state index is 10.3. The maximum Gasteiger partial charge on any atom is 0.100 e. The lowest BCUT2D eigenvalue weighted by atomic mass is 9.93. The van der Waals surface area contributed by atoms with E-state index in [1.54, 1.807) is 12.4 Å². The average molecular weight is 217 g/mol. The van der Waals surface area contributed by atoms with Gasteiger partial charge in [0.2, 0.25) is 0 Å². The minimum Gasteiger partial charge on any atom is -0.384 e. The predicted molar refractivity (Wildman–Crippen MR) is 65.0 cm³/mol. The van der Waals surface area contributed by atoms with Crippen molar-refractivity contribution < 1.29 is 5.11 Å². The maximum atomic E-state index is 10.3. The van der Waals surface area contributed by atoms with Crippen molar-refractivity contribution in [2.45, 2.75) is 44.6 Å². The number of nitrogens with zero attached hydrogens (tertiary/aromatic N) is 1. The van der Waals surface area contributed by atoms with E-state index in [1.807, 2.05) is 12.1 Å². The topological polar surface area (TPSA) is 33.1 Å². The van der Waals surface area contributed by atoms with Crippen LogP contribution in [0.3, 0.4) is 0 Å². The summed E-state index contributed by atoms with van der Waals surface area (Å²) in [5, 5.41) is 10.3. The van der Waals surface area contributed by atoms with Crippen LogP contribution in [0.2, 0.25) is 0 Å². The Morgan fingerprint density at radius 2 is 1.81 bits per heavy atom. The number of hydrogen-bond donors (Lipinski definition) is 1. The molecule has 1 unspecified atom stereocenters. The normalized spacial score (nSPS) is 22.7. The van der Waals surface area contributed by atoms with Crippen molar-refractivity contribution >= 4 is 0 Å². The van der Waals surface area contributed by atoms with Gasteiger partial charge in [0, 0.05) is 12.4 Å². The molecule has 0 saturated carbocycles. The van der Waals surface area contributed by atoms with Crippen LogP contribution in [0.4, 0.5) is 0 Å². The Hall–Kier alpha value is -1.15. The van der Waals surface area contributed by atoms with E-state index in [1.165, 1.54) is 31.3 Å². The number of hydrogen-bond acceptors (Lipinski definition) is 2. The third kappa shape index (κ3) is 2.92. The van der Waals surface area contributed by atoms with E-state index in [4.69, 9.17) is 0 Å². The third-order valence-electron chi connectivity index (χ3n) is 3.20. The molecule has 0 fully saturated rings. The summed E-state index contributed by atoms with van der Waals surface area (Å²) in [4.78, 5) is 3.98. The van der Waals surface area contributed by atoms with Crippen LogP contribution in [0.1, 0.15) is 50.2 Å². The highest BCUT2D eigenvalue weighted by Crippen LogP contribution is 2.28. The lowest BCUT2D eigenvalue weighted by Gasteiger charge is -2.17. The molecular formula is C14H19NO. The molecule has 0 spiro atoms. The smallest absolute Gasteiger partial charge is 0.100 e. The molecule has 86 valence electrons. The van der Waals surface area contributed by atoms with Gasteiger partial charge in [0.05, 0.1) is 0 Å². The molecule has 1 aliphatic carbocycles. The van der Waals surface area contributed by atoms with Crippen molar-refractivity contribution in [3.63, 3.8) is 0 Å². The highest BCUT2D eigenvalue weighted by molar-refractivity contribution is 5.24. The van der Waals surface area contributed by atoms with E-state index in [0.717, 1.165) is 18.4 Å². The molecule has 1 heterocycles. The molecule has 2 heteroatoms. The van der Waals surface area contributed by atoms with Gasteiger partial charge in [-0.2, -0.15) is 0 Å². The Morgan fingerprint density at radius 1 is 1.06 bits per heavy atom. The van der Waals surface area contributed by atoms with Crippen LogP contribution in [0, 0.1) is 0 Å². The van der Waals surface area contributed by atoms with Crippen LogP contribution in [-0.2, 0) is 0 Å². The van der Waals surface area contributed by atoms with Crippen LogP contribution in [0.5, 0.6) is 0 Å². The number of aliphatic hydroxyl groups is 1. The van der Waals surface area contributed by atoms with Gasteiger partial charge < -0.3 is 5.11 Å². The Balaban J connectivity index is 2.10. The molecule has 0 saturated heterocycles. The van der Waals surface area contributed by atoms with Gasteiger partial charge >= 0.3 is 0 Å². The van der Waals surface area contributed by atoms with Gasteiger partial charge in [0.1, 0.15) is 6.10 Å². The van der Waals surface area contributed by atoms with Crippen LogP contribution >= 0.6 is 0 Å². The number of aliphatic hydroxyl groups excluding tert-OH is 1. The highest BCUT2D eigenvalue weighted by atomic mass is 16.3. The fourth-order valence-corrected chi connectivity index (χ4v) is 2.22. The molecule has 0 amide bonds. The molecule has 1 aromatic heterocycles. The van der Waals surface area contributed by atoms with Crippen molar-refractivity contribution in [3.05, 3.63) is 41.7 Å². The van der Waals surface area contributed by atoms with Gasteiger partial charge in [0.15, 0.2) is 0 Å². The van der Waals surface area contributed by atoms with E-state index in [-0.39, 0.29) is 0 Å². The lowest BCUT2D eigenvalue weighted by Crippen LogP contribution is -2.03. The first kappa shape index (κ1) is 11.3. The second kappa shape index (κ2) is 5.80. The lowest BCUT2D eigenvalue weighted by molar-refractivity contribution is 0.209. The first-order valence-electron chi connectivity index (χ1n) is 6.15. The van der Waals surface area contributed by atoms with E-state index in [2.05, 4.69) is 11.1 Å². The molecule has 2 rings (SSSR count). The predicted octanol–water partition coefficient (Wildman–Crippen LogP) is 3.40. The zero-order valence-corrected chi connectivity index (χ0v) is 9.60. The molecular weight excluding hydrogens is 198 g/mol. The Bertz CT molecular complexity index is 345. The Kier molecular flexibility index (Phi) is 4.11. The second-order valence-corrected chi connectivity index (χ2v) is 4.42. The molecule has 1 aliphatic rings. The largest absolute Gasteiger partial charge is 0.384 e. The third-order valence-corrected chi connectivity index (χ3v) is 3.20. The monoisotopic (exact) mass is 217 g/mol. The summed E-state index contributed by atoms with van der Waals surface area (Å²) in [6.07, 6.45) is 12.5. The van der Waals surface area contributed by atoms with Gasteiger partial charge in [-0.25, -0.2) is 0 Å². The van der Waals surface area contributed by atoms with E-state index in [0.29, 0.717) is 0 Å². The SMILES string of the molecule is OC(/C1=C/CCCCCC1)c1ccncc1. The summed E-state index contributed by atoms with van der Waals surface area (Å²) >= 11 is 0. The molecule has 0 aromatic carbocycles. The fourth-order valence-electron chi connectivity index (χ4n) is 2.22. The van der Waals surface area contributed by atoms with E-state index in [9.17, 15) is 5.11 Å². The van der Waals surface area contributed by atoms with Crippen molar-refractivity contribution in [2.24, 2.45) is 0 Å². The first-order valence-corrected chi connectivity index (χ1v) is 6.15. The van der Waals surface area contributed by atoms with Crippen LogP contribution in [0.15, 0.2) is 36.2 Å². The van der Waals surface area contributed by atoms with Crippen LogP contribution in [-0.4, -0.2) is 10.1 Å². The van der Waals surface area contributed by atoms with Crippen molar-refractivity contribution in [1.29, 1.82) is 0 Å². The quantitative estimate of drug-likeness (QED) is 0.770. The molecule has 1 N–H and O–H groups in total. The minimum absolute atomic E-state index is 0.430. The van der Waals surface area contributed by atoms with Crippen LogP contribution < -0.4 is 0 Å². The van der Waals surface area contributed by atoms with Gasteiger partial charge in [0.25, 0.3) is 0 Å². The summed E-state index contributed by atoms with van der Waals surface area (Å²) in [5.74, 6) is 0. The molecule has 1 atom stereocenters. The Labute approximate surface area is 97.0 Å². The zero-order valence-electron chi connectivity index (χ0n) is 9.60. The Morgan fingerprint density at radius 3 is 2.62 bits per heavy atom. The summed E-state index contributed by atoms with van der Waals surface area (Å²) in [6.45, 7) is 0. The van der Waals surface area contributed by atoms with Gasteiger partial charge in [-0.05, 0) is 49.0 Å². The van der Waals surface area contributed by atoms with E-state index >= 15 is 0 Å². The molecule has 1 aromatic rings. The molecule has 0 radical (unpaired) electrons. The number of allylic oxidation sites excluding steroid dienone is 1. The number of aromatic nitrogens is 1. The van der Waals surface area contributed by atoms with Crippen molar-refractivity contribution in [1.82, 2.24) is 4.98 Å². The standard InChI is InChI=1S/C14H19NO/c16-14(13-8-10-15-11-9-13)12-6-4-2-1-3-5-7-12/h6,8-11,14,16H,1-5,7H2/b12-6+. The summed E-state index contributed by atoms with van der Waals surface area (Å²) in [7, 11) is 0. The summed E-state index contributed by atoms with van der Waals surface area (Å²) in [6, 6.07) is 3.79. The molecule has 16 heavy (non-hydrogen) atoms. The first-order chi connectivity index (χ1) is 7.88. The van der Waals surface area contributed by atoms with Gasteiger partial charge in [-0.15, -0.1) is 0 Å². The fraction of sp³-hybridized carbons (Fsp3) is 0.500. The van der Waals surface area contributed by atoms with Crippen molar-refractivity contribution in [2.75, 3.05) is 0 Å². The summed E-state index contributed by atoms with van der Waals surface area (Å²) in [5.41, 5.74) is 2.15. The molecule has 0 bridgehead atoms. The van der Waals surface area contributed by atoms with Crippen molar-refractivity contribution in [3.8, 4) is 0 Å². The van der Waals surface area contributed by atoms with E-state index < -0.39 is 6.10 Å². The zero-order chi connectivity index (χ0) is 11.2. The average Bonchev–Trinajstić information content (AvgIpc) is 2.29. The minimum atomic E-state index is -0.430.